The molecule has 0 bridgehead atoms. The second kappa shape index (κ2) is 6.29. The number of esters is 1. The maximum atomic E-state index is 10.6. The summed E-state index contributed by atoms with van der Waals surface area (Å²) in [6, 6.07) is 0. The molecule has 0 saturated carbocycles. The van der Waals surface area contributed by atoms with Gasteiger partial charge in [-0.15, -0.1) is 0 Å². The summed E-state index contributed by atoms with van der Waals surface area (Å²) in [4.78, 5) is 10.6. The normalized spacial score (nSPS) is 7.80. The quantitative estimate of drug-likeness (QED) is 0.434. The standard InChI is InChI=1S/C7H12O2.H2O/c1-4-5-9-7(8)6(2)3;/h2,4-5H2,1,3H3;1H2. The smallest absolute Gasteiger partial charge is 0.333 e. The van der Waals surface area contributed by atoms with Crippen LogP contribution in [0.5, 0.6) is 0 Å². The van der Waals surface area contributed by atoms with Gasteiger partial charge < -0.3 is 10.2 Å². The van der Waals surface area contributed by atoms with Crippen LogP contribution in [0.4, 0.5) is 0 Å². The molecule has 0 aromatic rings. The Hall–Kier alpha value is -0.830. The third kappa shape index (κ3) is 5.31. The van der Waals surface area contributed by atoms with Crippen LogP contribution in [0.1, 0.15) is 20.3 Å². The van der Waals surface area contributed by atoms with Gasteiger partial charge in [-0.2, -0.15) is 0 Å². The topological polar surface area (TPSA) is 57.8 Å². The average molecular weight is 146 g/mol. The fourth-order valence-electron chi connectivity index (χ4n) is 0.318. The molecule has 0 radical (unpaired) electrons. The first-order chi connectivity index (χ1) is 4.18. The fourth-order valence-corrected chi connectivity index (χ4v) is 0.318. The Kier molecular flexibility index (Phi) is 7.49. The van der Waals surface area contributed by atoms with Gasteiger partial charge in [-0.25, -0.2) is 4.79 Å². The van der Waals surface area contributed by atoms with Crippen molar-refractivity contribution in [2.45, 2.75) is 20.3 Å². The van der Waals surface area contributed by atoms with Crippen LogP contribution in [0.15, 0.2) is 12.2 Å². The van der Waals surface area contributed by atoms with Crippen molar-refractivity contribution in [3.05, 3.63) is 12.2 Å². The summed E-state index contributed by atoms with van der Waals surface area (Å²) in [5.41, 5.74) is 0.462. The van der Waals surface area contributed by atoms with Gasteiger partial charge >= 0.3 is 5.97 Å². The molecule has 3 nitrogen and oxygen atoms in total. The van der Waals surface area contributed by atoms with Gasteiger partial charge in [-0.05, 0) is 13.3 Å². The van der Waals surface area contributed by atoms with E-state index in [4.69, 9.17) is 4.74 Å². The van der Waals surface area contributed by atoms with Crippen LogP contribution >= 0.6 is 0 Å². The van der Waals surface area contributed by atoms with E-state index in [-0.39, 0.29) is 11.4 Å². The maximum absolute atomic E-state index is 10.6. The highest BCUT2D eigenvalue weighted by atomic mass is 16.5. The van der Waals surface area contributed by atoms with Crippen LogP contribution in [0.3, 0.4) is 0 Å². The minimum absolute atomic E-state index is 0. The van der Waals surface area contributed by atoms with Crippen molar-refractivity contribution in [2.24, 2.45) is 0 Å². The third-order valence-corrected chi connectivity index (χ3v) is 0.786. The maximum Gasteiger partial charge on any atom is 0.333 e. The Morgan fingerprint density at radius 1 is 1.60 bits per heavy atom. The first-order valence-electron chi connectivity index (χ1n) is 3.01. The Balaban J connectivity index is 0. The van der Waals surface area contributed by atoms with Gasteiger partial charge in [0.25, 0.3) is 0 Å². The van der Waals surface area contributed by atoms with Crippen LogP contribution in [-0.4, -0.2) is 18.1 Å². The zero-order chi connectivity index (χ0) is 7.28. The highest BCUT2D eigenvalue weighted by molar-refractivity contribution is 5.86. The highest BCUT2D eigenvalue weighted by Gasteiger charge is 1.99. The summed E-state index contributed by atoms with van der Waals surface area (Å²) < 4.78 is 4.71. The molecule has 0 atom stereocenters. The molecule has 0 fully saturated rings. The van der Waals surface area contributed by atoms with Gasteiger partial charge in [0.15, 0.2) is 0 Å². The van der Waals surface area contributed by atoms with Crippen LogP contribution in [-0.2, 0) is 9.53 Å². The molecular weight excluding hydrogens is 132 g/mol. The van der Waals surface area contributed by atoms with Crippen LogP contribution < -0.4 is 0 Å². The molecule has 0 unspecified atom stereocenters. The molecule has 0 saturated heterocycles. The van der Waals surface area contributed by atoms with E-state index in [9.17, 15) is 4.79 Å². The van der Waals surface area contributed by atoms with E-state index in [1.807, 2.05) is 6.92 Å². The summed E-state index contributed by atoms with van der Waals surface area (Å²) in [5.74, 6) is -0.295. The Labute approximate surface area is 61.0 Å². The van der Waals surface area contributed by atoms with E-state index in [1.54, 1.807) is 6.92 Å². The molecule has 0 aliphatic carbocycles. The van der Waals surface area contributed by atoms with Gasteiger partial charge in [-0.3, -0.25) is 0 Å². The molecule has 10 heavy (non-hydrogen) atoms. The predicted molar refractivity (Wildman–Crippen MR) is 39.7 cm³/mol. The minimum atomic E-state index is -0.295. The third-order valence-electron chi connectivity index (χ3n) is 0.786. The van der Waals surface area contributed by atoms with Crippen LogP contribution in [0, 0.1) is 0 Å². The summed E-state index contributed by atoms with van der Waals surface area (Å²) in [7, 11) is 0. The summed E-state index contributed by atoms with van der Waals surface area (Å²) in [5, 5.41) is 0. The molecule has 0 aromatic heterocycles. The lowest BCUT2D eigenvalue weighted by Gasteiger charge is -1.99. The lowest BCUT2D eigenvalue weighted by molar-refractivity contribution is -0.138. The molecule has 0 amide bonds. The van der Waals surface area contributed by atoms with Crippen LogP contribution in [0.25, 0.3) is 0 Å². The zero-order valence-corrected chi connectivity index (χ0v) is 6.44. The van der Waals surface area contributed by atoms with Gasteiger partial charge in [0.1, 0.15) is 0 Å². The number of carbonyl (C=O) groups excluding carboxylic acids is 1. The molecular formula is C7H14O3. The molecule has 0 heterocycles. The average Bonchev–Trinajstić information content (AvgIpc) is 1.82. The minimum Gasteiger partial charge on any atom is -0.462 e. The Bertz CT molecular complexity index is 118. The van der Waals surface area contributed by atoms with Gasteiger partial charge in [-0.1, -0.05) is 13.5 Å². The number of hydrogen-bond acceptors (Lipinski definition) is 2. The van der Waals surface area contributed by atoms with Crippen molar-refractivity contribution in [1.82, 2.24) is 0 Å². The fraction of sp³-hybridized carbons (Fsp3) is 0.571. The number of carbonyl (C=O) groups is 1. The second-order valence-corrected chi connectivity index (χ2v) is 1.92. The summed E-state index contributed by atoms with van der Waals surface area (Å²) in [6.07, 6.45) is 0.860. The lowest BCUT2D eigenvalue weighted by Crippen LogP contribution is -2.04. The highest BCUT2D eigenvalue weighted by Crippen LogP contribution is 1.91. The first kappa shape index (κ1) is 11.9. The molecule has 60 valence electrons. The molecule has 3 heteroatoms. The van der Waals surface area contributed by atoms with Crippen LogP contribution in [0.2, 0.25) is 0 Å². The molecule has 0 spiro atoms. The van der Waals surface area contributed by atoms with Crippen molar-refractivity contribution in [3.8, 4) is 0 Å². The molecule has 0 aliphatic rings. The number of ether oxygens (including phenoxy) is 1. The lowest BCUT2D eigenvalue weighted by atomic mass is 10.4. The van der Waals surface area contributed by atoms with E-state index in [1.165, 1.54) is 0 Å². The number of rotatable bonds is 3. The predicted octanol–water partition coefficient (Wildman–Crippen LogP) is 0.691. The molecule has 0 aromatic carbocycles. The zero-order valence-electron chi connectivity index (χ0n) is 6.44. The summed E-state index contributed by atoms with van der Waals surface area (Å²) >= 11 is 0. The van der Waals surface area contributed by atoms with Crippen molar-refractivity contribution >= 4 is 5.97 Å². The van der Waals surface area contributed by atoms with Gasteiger partial charge in [0.05, 0.1) is 6.61 Å². The van der Waals surface area contributed by atoms with E-state index in [2.05, 4.69) is 6.58 Å². The monoisotopic (exact) mass is 146 g/mol. The van der Waals surface area contributed by atoms with Gasteiger partial charge in [0, 0.05) is 5.57 Å². The number of hydrogen-bond donors (Lipinski definition) is 0. The first-order valence-corrected chi connectivity index (χ1v) is 3.01. The van der Waals surface area contributed by atoms with Crippen molar-refractivity contribution in [2.75, 3.05) is 6.61 Å². The largest absolute Gasteiger partial charge is 0.462 e. The van der Waals surface area contributed by atoms with E-state index < -0.39 is 0 Å². The second-order valence-electron chi connectivity index (χ2n) is 1.92. The molecule has 0 aliphatic heterocycles. The van der Waals surface area contributed by atoms with Crippen molar-refractivity contribution in [3.63, 3.8) is 0 Å². The molecule has 2 N–H and O–H groups in total. The van der Waals surface area contributed by atoms with E-state index in [0.29, 0.717) is 12.2 Å². The van der Waals surface area contributed by atoms with Gasteiger partial charge in [0.2, 0.25) is 0 Å². The Morgan fingerprint density at radius 2 is 2.10 bits per heavy atom. The molecule has 0 rings (SSSR count). The summed E-state index contributed by atoms with van der Waals surface area (Å²) in [6.45, 7) is 7.51. The SMILES string of the molecule is C=C(C)C(=O)OCCC.O. The van der Waals surface area contributed by atoms with Crippen molar-refractivity contribution in [1.29, 1.82) is 0 Å². The van der Waals surface area contributed by atoms with E-state index >= 15 is 0 Å². The Morgan fingerprint density at radius 3 is 2.40 bits per heavy atom. The van der Waals surface area contributed by atoms with Crippen molar-refractivity contribution < 1.29 is 15.0 Å². The van der Waals surface area contributed by atoms with E-state index in [0.717, 1.165) is 6.42 Å².